The van der Waals surface area contributed by atoms with Crippen LogP contribution in [0.4, 0.5) is 5.69 Å². The molecule has 1 aromatic heterocycles. The van der Waals surface area contributed by atoms with E-state index >= 15 is 4.79 Å². The normalized spacial score (nSPS) is 26.1. The third-order valence-corrected chi connectivity index (χ3v) is 14.5. The number of piperidine rings is 1. The Morgan fingerprint density at radius 3 is 2.00 bits per heavy atom. The molecule has 3 fully saturated rings. The number of para-hydroxylation sites is 1. The topological polar surface area (TPSA) is 275 Å². The van der Waals surface area contributed by atoms with Gasteiger partial charge in [0, 0.05) is 56.0 Å². The van der Waals surface area contributed by atoms with Gasteiger partial charge in [-0.2, -0.15) is 0 Å². The molecule has 9 atom stereocenters. The minimum atomic E-state index is -1.54. The molecule has 2 aromatic carbocycles. The number of hydrogen-bond acceptors (Lipinski definition) is 12. The average molecular weight is 1040 g/mol. The molecule has 5 N–H and O–H groups in total. The summed E-state index contributed by atoms with van der Waals surface area (Å²) >= 11 is 0. The van der Waals surface area contributed by atoms with Crippen LogP contribution in [0.5, 0.6) is 5.75 Å². The number of phenols is 1. The van der Waals surface area contributed by atoms with E-state index in [2.05, 4.69) is 25.8 Å². The fourth-order valence-corrected chi connectivity index (χ4v) is 10.1. The number of nitro benzene ring substituents is 1. The number of phenolic OH excluding ortho intramolecular Hbond substituents is 1. The summed E-state index contributed by atoms with van der Waals surface area (Å²) in [6.45, 7) is 16.6. The lowest BCUT2D eigenvalue weighted by molar-refractivity contribution is -0.385. The maximum atomic E-state index is 15.4. The Morgan fingerprint density at radius 1 is 0.773 bits per heavy atom. The van der Waals surface area contributed by atoms with Gasteiger partial charge < -0.3 is 45.5 Å². The van der Waals surface area contributed by atoms with E-state index in [0.717, 1.165) is 32.8 Å². The number of ether oxygens (including phenoxy) is 1. The number of carbonyl (C=O) groups excluding carboxylic acids is 8. The van der Waals surface area contributed by atoms with Crippen LogP contribution in [0, 0.1) is 27.9 Å². The number of allylic oxidation sites excluding steroid dienone is 1. The van der Waals surface area contributed by atoms with Crippen molar-refractivity contribution in [3.8, 4) is 5.75 Å². The molecule has 0 spiro atoms. The fourth-order valence-electron chi connectivity index (χ4n) is 10.1. The SMILES string of the molecule is C/C=C/C[C@@H]1NC(=O)[C@H](CC(C)C)N2C(=O)C(C)C[C@@H](C2=O)N(C)C(=O)[C@@H](C)NC(=O)[C@@H](Cc2ccc(O)c([N+](=O)[O-])c2)NC(=O)[C@H](CC(C)C)N(C)C(=O)[C@@H](Cc2cn(C(C)(C)C3CO3)c3ccccc23)NC1=O. The number of rotatable bonds is 13. The predicted molar refractivity (Wildman–Crippen MR) is 277 cm³/mol. The van der Waals surface area contributed by atoms with Gasteiger partial charge in [-0.3, -0.25) is 53.4 Å². The summed E-state index contributed by atoms with van der Waals surface area (Å²) in [7, 11) is 2.75. The second-order valence-electron chi connectivity index (χ2n) is 21.6. The third kappa shape index (κ3) is 12.9. The fraction of sp³-hybridized carbons (Fsp3) is 0.556. The molecule has 0 aliphatic carbocycles. The Hall–Kier alpha value is -7.16. The van der Waals surface area contributed by atoms with Crippen molar-refractivity contribution in [2.75, 3.05) is 20.7 Å². The highest BCUT2D eigenvalue weighted by atomic mass is 16.6. The standard InChI is InChI=1S/C54H73N9O12/c1-12-13-17-36-46(65)58-38(26-34-27-61(54(8,9)45-28-75-45)39-18-15-14-16-35(34)39)52(71)59(10)41(21-29(2)3)48(67)57-37(24-33-19-20-44(64)40(25-33)63(73)74)47(66)55-32(7)51(70)60(11)43-23-31(6)50(69)62(53(43)72)42(22-30(4)5)49(68)56-36/h12-16,18-20,25,27,29-32,36-38,41-43,45,64H,17,21-24,26,28H2,1-11H3,(H,55,66)(H,56,68)(H,57,67)(H,58,65)/b13-12+/t31?,32-,36+,37-,38-,41+,42+,43+,45?/m1/s1. The van der Waals surface area contributed by atoms with Crippen molar-refractivity contribution >= 4 is 63.8 Å². The number of aromatic hydroxyl groups is 1. The largest absolute Gasteiger partial charge is 0.502 e. The summed E-state index contributed by atoms with van der Waals surface area (Å²) < 4.78 is 7.83. The number of epoxide rings is 1. The van der Waals surface area contributed by atoms with Gasteiger partial charge in [-0.05, 0) is 88.5 Å². The summed E-state index contributed by atoms with van der Waals surface area (Å²) in [4.78, 5) is 132. The maximum absolute atomic E-state index is 15.4. The van der Waals surface area contributed by atoms with E-state index in [0.29, 0.717) is 12.2 Å². The van der Waals surface area contributed by atoms with Gasteiger partial charge in [-0.1, -0.05) is 71.0 Å². The van der Waals surface area contributed by atoms with Gasteiger partial charge in [-0.15, -0.1) is 0 Å². The zero-order valence-corrected chi connectivity index (χ0v) is 44.7. The predicted octanol–water partition coefficient (Wildman–Crippen LogP) is 3.62. The van der Waals surface area contributed by atoms with Crippen molar-refractivity contribution in [3.63, 3.8) is 0 Å². The number of nitrogens with one attached hydrogen (secondary N) is 4. The lowest BCUT2D eigenvalue weighted by Crippen LogP contribution is -2.65. The van der Waals surface area contributed by atoms with Crippen molar-refractivity contribution < 1.29 is 53.1 Å². The van der Waals surface area contributed by atoms with Crippen LogP contribution in [-0.4, -0.2) is 146 Å². The highest BCUT2D eigenvalue weighted by molar-refractivity contribution is 6.07. The molecule has 4 heterocycles. The molecular weight excluding hydrogens is 967 g/mol. The molecule has 6 rings (SSSR count). The van der Waals surface area contributed by atoms with Crippen LogP contribution < -0.4 is 21.3 Å². The molecule has 0 radical (unpaired) electrons. The van der Waals surface area contributed by atoms with Crippen LogP contribution in [0.15, 0.2) is 60.8 Å². The second kappa shape index (κ2) is 23.6. The van der Waals surface area contributed by atoms with Crippen LogP contribution in [0.2, 0.25) is 0 Å². The molecule has 21 heteroatoms. The van der Waals surface area contributed by atoms with Gasteiger partial charge in [0.15, 0.2) is 5.75 Å². The van der Waals surface area contributed by atoms with E-state index in [4.69, 9.17) is 4.74 Å². The molecule has 3 aromatic rings. The first kappa shape index (κ1) is 57.1. The molecular formula is C54H73N9O12. The number of carbonyl (C=O) groups is 8. The van der Waals surface area contributed by atoms with Crippen LogP contribution in [-0.2, 0) is 61.5 Å². The van der Waals surface area contributed by atoms with Crippen molar-refractivity contribution in [1.82, 2.24) is 40.5 Å². The average Bonchev–Trinajstić information content (AvgIpc) is 4.16. The number of amides is 8. The zero-order valence-electron chi connectivity index (χ0n) is 44.7. The smallest absolute Gasteiger partial charge is 0.310 e. The molecule has 3 aliphatic rings. The van der Waals surface area contributed by atoms with E-state index in [1.807, 2.05) is 72.0 Å². The molecule has 75 heavy (non-hydrogen) atoms. The summed E-state index contributed by atoms with van der Waals surface area (Å²) in [5.74, 6) is -8.21. The zero-order chi connectivity index (χ0) is 55.4. The van der Waals surface area contributed by atoms with Crippen molar-refractivity contribution in [1.29, 1.82) is 0 Å². The Morgan fingerprint density at radius 2 is 1.37 bits per heavy atom. The van der Waals surface area contributed by atoms with Crippen LogP contribution in [0.1, 0.15) is 99.1 Å². The van der Waals surface area contributed by atoms with Gasteiger partial charge in [0.1, 0.15) is 48.4 Å². The first-order valence-corrected chi connectivity index (χ1v) is 25.7. The van der Waals surface area contributed by atoms with E-state index in [1.165, 1.54) is 32.0 Å². The van der Waals surface area contributed by atoms with Crippen LogP contribution in [0.3, 0.4) is 0 Å². The summed E-state index contributed by atoms with van der Waals surface area (Å²) in [6, 6.07) is 1.46. The number of nitrogens with zero attached hydrogens (tertiary/aromatic N) is 5. The first-order chi connectivity index (χ1) is 35.3. The second-order valence-corrected chi connectivity index (χ2v) is 21.6. The first-order valence-electron chi connectivity index (χ1n) is 25.7. The number of nitro groups is 1. The molecule has 0 saturated carbocycles. The van der Waals surface area contributed by atoms with Crippen LogP contribution in [0.25, 0.3) is 10.9 Å². The van der Waals surface area contributed by atoms with Crippen molar-refractivity contribution in [3.05, 3.63) is 82.1 Å². The molecule has 3 saturated heterocycles. The van der Waals surface area contributed by atoms with Gasteiger partial charge in [0.05, 0.1) is 17.1 Å². The van der Waals surface area contributed by atoms with Gasteiger partial charge in [0.25, 0.3) is 5.91 Å². The Labute approximate surface area is 437 Å². The van der Waals surface area contributed by atoms with Crippen LogP contribution >= 0.6 is 0 Å². The molecule has 8 amide bonds. The Kier molecular flexibility index (Phi) is 18.0. The number of likely N-dealkylation sites (N-methyl/N-ethyl adjacent to an activating group) is 2. The third-order valence-electron chi connectivity index (χ3n) is 14.5. The highest BCUT2D eigenvalue weighted by Crippen LogP contribution is 2.37. The quantitative estimate of drug-likeness (QED) is 0.0540. The van der Waals surface area contributed by atoms with E-state index < -0.39 is 117 Å². The molecule has 406 valence electrons. The van der Waals surface area contributed by atoms with E-state index in [1.54, 1.807) is 26.0 Å². The number of imide groups is 1. The molecule has 2 bridgehead atoms. The van der Waals surface area contributed by atoms with E-state index in [-0.39, 0.29) is 62.0 Å². The van der Waals surface area contributed by atoms with E-state index in [9.17, 15) is 48.8 Å². The minimum absolute atomic E-state index is 0.00705. The number of benzene rings is 2. The lowest BCUT2D eigenvalue weighted by atomic mass is 9.89. The molecule has 2 unspecified atom stereocenters. The van der Waals surface area contributed by atoms with Crippen molar-refractivity contribution in [2.24, 2.45) is 17.8 Å². The highest BCUT2D eigenvalue weighted by Gasteiger charge is 2.48. The van der Waals surface area contributed by atoms with Gasteiger partial charge in [-0.25, -0.2) is 0 Å². The Balaban J connectivity index is 1.51. The number of fused-ring (bicyclic) bond motifs is 3. The summed E-state index contributed by atoms with van der Waals surface area (Å²) in [6.07, 6.45) is 4.58. The van der Waals surface area contributed by atoms with Crippen molar-refractivity contribution in [2.45, 2.75) is 155 Å². The minimum Gasteiger partial charge on any atom is -0.502 e. The monoisotopic (exact) mass is 1040 g/mol. The van der Waals surface area contributed by atoms with Gasteiger partial charge >= 0.3 is 5.69 Å². The number of hydrogen-bond donors (Lipinski definition) is 5. The summed E-state index contributed by atoms with van der Waals surface area (Å²) in [5, 5.41) is 34.0. The summed E-state index contributed by atoms with van der Waals surface area (Å²) in [5.41, 5.74) is 0.498. The molecule has 3 aliphatic heterocycles. The van der Waals surface area contributed by atoms with Gasteiger partial charge in [0.2, 0.25) is 41.4 Å². The molecule has 21 nitrogen and oxygen atoms in total. The maximum Gasteiger partial charge on any atom is 0.310 e. The number of aromatic nitrogens is 1. The Bertz CT molecular complexity index is 2730. The lowest BCUT2D eigenvalue weighted by Gasteiger charge is -2.42.